The second kappa shape index (κ2) is 7.03. The molecule has 0 radical (unpaired) electrons. The Hall–Kier alpha value is -1.72. The van der Waals surface area contributed by atoms with Crippen molar-refractivity contribution in [2.24, 2.45) is 0 Å². The minimum atomic E-state index is -0.229. The standard InChI is InChI=1S/C19H17FN2S2/c20-15-7-9-16(10-8-15)22-13-17(14-5-2-1-3-6-14)18(21-22)19-23-11-4-12-24-19/h1-3,5-10,13,19H,4,11-12H2. The topological polar surface area (TPSA) is 17.8 Å². The van der Waals surface area contributed by atoms with Crippen molar-refractivity contribution >= 4 is 23.5 Å². The Morgan fingerprint density at radius 2 is 1.67 bits per heavy atom. The summed E-state index contributed by atoms with van der Waals surface area (Å²) >= 11 is 3.93. The number of thioether (sulfide) groups is 2. The van der Waals surface area contributed by atoms with E-state index >= 15 is 0 Å². The van der Waals surface area contributed by atoms with E-state index in [-0.39, 0.29) is 5.82 Å². The molecule has 1 saturated heterocycles. The predicted octanol–water partition coefficient (Wildman–Crippen LogP) is 5.55. The Balaban J connectivity index is 1.79. The lowest BCUT2D eigenvalue weighted by atomic mass is 10.1. The van der Waals surface area contributed by atoms with Gasteiger partial charge in [0.1, 0.15) is 5.82 Å². The zero-order chi connectivity index (χ0) is 16.4. The Labute approximate surface area is 149 Å². The highest BCUT2D eigenvalue weighted by molar-refractivity contribution is 8.16. The van der Waals surface area contributed by atoms with E-state index in [0.717, 1.165) is 16.9 Å². The summed E-state index contributed by atoms with van der Waals surface area (Å²) in [5.74, 6) is 2.12. The summed E-state index contributed by atoms with van der Waals surface area (Å²) in [6, 6.07) is 16.8. The highest BCUT2D eigenvalue weighted by atomic mass is 32.2. The van der Waals surface area contributed by atoms with E-state index in [1.54, 1.807) is 12.1 Å². The van der Waals surface area contributed by atoms with Gasteiger partial charge in [0.2, 0.25) is 0 Å². The molecule has 0 aliphatic carbocycles. The van der Waals surface area contributed by atoms with Gasteiger partial charge < -0.3 is 0 Å². The van der Waals surface area contributed by atoms with Crippen LogP contribution in [-0.4, -0.2) is 21.3 Å². The van der Waals surface area contributed by atoms with Crippen LogP contribution in [0.15, 0.2) is 60.8 Å². The largest absolute Gasteiger partial charge is 0.240 e. The summed E-state index contributed by atoms with van der Waals surface area (Å²) in [5.41, 5.74) is 4.32. The van der Waals surface area contributed by atoms with Crippen LogP contribution in [0.2, 0.25) is 0 Å². The quantitative estimate of drug-likeness (QED) is 0.613. The SMILES string of the molecule is Fc1ccc(-n2cc(-c3ccccc3)c(C3SCCCS3)n2)cc1. The third-order valence-electron chi connectivity index (χ3n) is 3.97. The molecule has 0 bridgehead atoms. The van der Waals surface area contributed by atoms with Gasteiger partial charge in [-0.05, 0) is 47.8 Å². The highest BCUT2D eigenvalue weighted by Gasteiger charge is 2.24. The summed E-state index contributed by atoms with van der Waals surface area (Å²) in [6.45, 7) is 0. The van der Waals surface area contributed by atoms with Crippen molar-refractivity contribution in [2.75, 3.05) is 11.5 Å². The normalized spacial score (nSPS) is 15.5. The summed E-state index contributed by atoms with van der Waals surface area (Å²) in [7, 11) is 0. The Bertz CT molecular complexity index is 809. The van der Waals surface area contributed by atoms with Crippen LogP contribution in [-0.2, 0) is 0 Å². The summed E-state index contributed by atoms with van der Waals surface area (Å²) in [6.07, 6.45) is 3.32. The molecular formula is C19H17FN2S2. The van der Waals surface area contributed by atoms with Crippen molar-refractivity contribution in [1.82, 2.24) is 9.78 Å². The molecule has 4 rings (SSSR count). The zero-order valence-corrected chi connectivity index (χ0v) is 14.7. The average molecular weight is 356 g/mol. The lowest BCUT2D eigenvalue weighted by Gasteiger charge is -2.20. The summed E-state index contributed by atoms with van der Waals surface area (Å²) in [4.78, 5) is 0. The molecule has 5 heteroatoms. The maximum absolute atomic E-state index is 13.2. The van der Waals surface area contributed by atoms with Crippen molar-refractivity contribution < 1.29 is 4.39 Å². The number of aromatic nitrogens is 2. The second-order valence-corrected chi connectivity index (χ2v) is 8.37. The van der Waals surface area contributed by atoms with Crippen LogP contribution < -0.4 is 0 Å². The molecule has 2 nitrogen and oxygen atoms in total. The molecule has 24 heavy (non-hydrogen) atoms. The molecule has 0 atom stereocenters. The molecule has 2 aromatic carbocycles. The van der Waals surface area contributed by atoms with E-state index in [0.29, 0.717) is 4.58 Å². The number of nitrogens with zero attached hydrogens (tertiary/aromatic N) is 2. The number of hydrogen-bond acceptors (Lipinski definition) is 3. The molecule has 1 aliphatic heterocycles. The minimum Gasteiger partial charge on any atom is -0.240 e. The zero-order valence-electron chi connectivity index (χ0n) is 13.1. The van der Waals surface area contributed by atoms with Crippen LogP contribution in [0.1, 0.15) is 16.7 Å². The van der Waals surface area contributed by atoms with Crippen molar-refractivity contribution in [3.8, 4) is 16.8 Å². The van der Waals surface area contributed by atoms with Gasteiger partial charge in [-0.1, -0.05) is 30.3 Å². The molecule has 0 amide bonds. The van der Waals surface area contributed by atoms with Crippen molar-refractivity contribution in [3.05, 3.63) is 72.3 Å². The Morgan fingerprint density at radius 1 is 0.958 bits per heavy atom. The van der Waals surface area contributed by atoms with Crippen molar-refractivity contribution in [3.63, 3.8) is 0 Å². The molecule has 1 aliphatic rings. The fourth-order valence-electron chi connectivity index (χ4n) is 2.77. The predicted molar refractivity (Wildman–Crippen MR) is 101 cm³/mol. The molecule has 1 fully saturated rings. The molecule has 0 unspecified atom stereocenters. The number of hydrogen-bond donors (Lipinski definition) is 0. The molecule has 0 spiro atoms. The van der Waals surface area contributed by atoms with Crippen LogP contribution >= 0.6 is 23.5 Å². The first-order chi connectivity index (χ1) is 11.8. The molecular weight excluding hydrogens is 339 g/mol. The molecule has 1 aromatic heterocycles. The van der Waals surface area contributed by atoms with Crippen molar-refractivity contribution in [1.29, 1.82) is 0 Å². The first-order valence-electron chi connectivity index (χ1n) is 7.95. The van der Waals surface area contributed by atoms with Gasteiger partial charge in [-0.25, -0.2) is 9.07 Å². The average Bonchev–Trinajstić information content (AvgIpc) is 3.09. The first kappa shape index (κ1) is 15.8. The third kappa shape index (κ3) is 3.23. The fourth-order valence-corrected chi connectivity index (χ4v) is 5.63. The van der Waals surface area contributed by atoms with E-state index in [1.165, 1.54) is 35.6 Å². The van der Waals surface area contributed by atoms with Gasteiger partial charge in [-0.15, -0.1) is 23.5 Å². The molecule has 122 valence electrons. The van der Waals surface area contributed by atoms with Crippen molar-refractivity contribution in [2.45, 2.75) is 11.0 Å². The Morgan fingerprint density at radius 3 is 2.38 bits per heavy atom. The van der Waals surface area contributed by atoms with Crippen LogP contribution in [0, 0.1) is 5.82 Å². The first-order valence-corrected chi connectivity index (χ1v) is 10.1. The molecule has 0 saturated carbocycles. The molecule has 2 heterocycles. The molecule has 0 N–H and O–H groups in total. The van der Waals surface area contributed by atoms with Gasteiger partial charge in [0.05, 0.1) is 16.0 Å². The third-order valence-corrected chi connectivity index (χ3v) is 6.89. The summed E-state index contributed by atoms with van der Waals surface area (Å²) in [5, 5.41) is 4.86. The van der Waals surface area contributed by atoms with Gasteiger partial charge in [-0.2, -0.15) is 5.10 Å². The fraction of sp³-hybridized carbons (Fsp3) is 0.211. The summed E-state index contributed by atoms with van der Waals surface area (Å²) < 4.78 is 15.4. The van der Waals surface area contributed by atoms with E-state index in [4.69, 9.17) is 5.10 Å². The highest BCUT2D eigenvalue weighted by Crippen LogP contribution is 2.46. The van der Waals surface area contributed by atoms with E-state index in [2.05, 4.69) is 30.5 Å². The monoisotopic (exact) mass is 356 g/mol. The van der Waals surface area contributed by atoms with E-state index in [1.807, 2.05) is 34.3 Å². The van der Waals surface area contributed by atoms with Crippen LogP contribution in [0.5, 0.6) is 0 Å². The van der Waals surface area contributed by atoms with Gasteiger partial charge in [0.15, 0.2) is 0 Å². The number of rotatable bonds is 3. The smallest absolute Gasteiger partial charge is 0.123 e. The van der Waals surface area contributed by atoms with E-state index < -0.39 is 0 Å². The van der Waals surface area contributed by atoms with Crippen LogP contribution in [0.4, 0.5) is 4.39 Å². The van der Waals surface area contributed by atoms with Crippen LogP contribution in [0.3, 0.4) is 0 Å². The lowest BCUT2D eigenvalue weighted by Crippen LogP contribution is -2.03. The van der Waals surface area contributed by atoms with E-state index in [9.17, 15) is 4.39 Å². The Kier molecular flexibility index (Phi) is 4.63. The minimum absolute atomic E-state index is 0.229. The number of benzene rings is 2. The lowest BCUT2D eigenvalue weighted by molar-refractivity contribution is 0.627. The molecule has 3 aromatic rings. The number of halogens is 1. The maximum atomic E-state index is 13.2. The van der Waals surface area contributed by atoms with Gasteiger partial charge >= 0.3 is 0 Å². The maximum Gasteiger partial charge on any atom is 0.123 e. The van der Waals surface area contributed by atoms with Gasteiger partial charge in [-0.3, -0.25) is 0 Å². The van der Waals surface area contributed by atoms with Gasteiger partial charge in [0, 0.05) is 11.8 Å². The van der Waals surface area contributed by atoms with Gasteiger partial charge in [0.25, 0.3) is 0 Å². The van der Waals surface area contributed by atoms with Crippen LogP contribution in [0.25, 0.3) is 16.8 Å². The second-order valence-electron chi connectivity index (χ2n) is 5.64.